The summed E-state index contributed by atoms with van der Waals surface area (Å²) < 4.78 is 12.9. The molecule has 0 atom stereocenters. The number of fused-ring (bicyclic) bond motifs is 1. The molecule has 1 amide bonds. The van der Waals surface area contributed by atoms with Crippen molar-refractivity contribution >= 4 is 23.4 Å². The van der Waals surface area contributed by atoms with E-state index in [2.05, 4.69) is 19.1 Å². The first kappa shape index (κ1) is 15.1. The topological polar surface area (TPSA) is 20.3 Å². The Balaban J connectivity index is 1.70. The third kappa shape index (κ3) is 3.33. The summed E-state index contributed by atoms with van der Waals surface area (Å²) in [6.07, 6.45) is 2.04. The van der Waals surface area contributed by atoms with Crippen LogP contribution in [0.2, 0.25) is 0 Å². The summed E-state index contributed by atoms with van der Waals surface area (Å²) in [4.78, 5) is 15.3. The van der Waals surface area contributed by atoms with Crippen LogP contribution in [0.25, 0.3) is 0 Å². The first-order valence-corrected chi connectivity index (χ1v) is 8.40. The molecule has 0 aliphatic carbocycles. The second kappa shape index (κ2) is 6.53. The fourth-order valence-corrected chi connectivity index (χ4v) is 3.51. The van der Waals surface area contributed by atoms with Crippen LogP contribution in [0.4, 0.5) is 10.1 Å². The van der Waals surface area contributed by atoms with E-state index in [0.717, 1.165) is 30.0 Å². The van der Waals surface area contributed by atoms with E-state index in [1.54, 1.807) is 12.1 Å². The van der Waals surface area contributed by atoms with Crippen molar-refractivity contribution in [1.29, 1.82) is 0 Å². The molecule has 0 radical (unpaired) electrons. The number of benzene rings is 2. The largest absolute Gasteiger partial charge is 0.311 e. The lowest BCUT2D eigenvalue weighted by Crippen LogP contribution is -2.36. The third-order valence-electron chi connectivity index (χ3n) is 3.83. The Hall–Kier alpha value is -1.81. The van der Waals surface area contributed by atoms with E-state index in [1.165, 1.54) is 35.0 Å². The Morgan fingerprint density at radius 1 is 1.23 bits per heavy atom. The number of carbonyl (C=O) groups is 1. The van der Waals surface area contributed by atoms with Gasteiger partial charge in [0.25, 0.3) is 0 Å². The zero-order valence-electron chi connectivity index (χ0n) is 12.5. The zero-order chi connectivity index (χ0) is 15.5. The summed E-state index contributed by atoms with van der Waals surface area (Å²) in [5.74, 6) is 0.231. The Bertz CT molecular complexity index is 684. The third-order valence-corrected chi connectivity index (χ3v) is 4.83. The summed E-state index contributed by atoms with van der Waals surface area (Å²) in [5, 5.41) is 0. The summed E-state index contributed by atoms with van der Waals surface area (Å²) in [6.45, 7) is 2.85. The van der Waals surface area contributed by atoms with Gasteiger partial charge >= 0.3 is 0 Å². The molecule has 3 rings (SSSR count). The van der Waals surface area contributed by atoms with Gasteiger partial charge in [-0.1, -0.05) is 17.7 Å². The number of halogens is 1. The van der Waals surface area contributed by atoms with Gasteiger partial charge in [-0.05, 0) is 55.7 Å². The fourth-order valence-electron chi connectivity index (χ4n) is 2.74. The second-order valence-corrected chi connectivity index (χ2v) is 6.57. The Kier molecular flexibility index (Phi) is 4.48. The standard InChI is InChI=1S/C18H18FNOS/c1-13-4-9-17-14(11-13)3-2-10-20(17)18(21)12-22-16-7-5-15(19)6-8-16/h4-9,11H,2-3,10,12H2,1H3. The molecule has 1 heterocycles. The predicted molar refractivity (Wildman–Crippen MR) is 89.0 cm³/mol. The normalized spacial score (nSPS) is 13.8. The van der Waals surface area contributed by atoms with Gasteiger partial charge in [-0.15, -0.1) is 11.8 Å². The van der Waals surface area contributed by atoms with Crippen LogP contribution in [0.5, 0.6) is 0 Å². The maximum absolute atomic E-state index is 12.9. The van der Waals surface area contributed by atoms with Gasteiger partial charge in [0, 0.05) is 17.1 Å². The monoisotopic (exact) mass is 315 g/mol. The molecule has 0 saturated carbocycles. The fraction of sp³-hybridized carbons (Fsp3) is 0.278. The van der Waals surface area contributed by atoms with Gasteiger partial charge in [0.1, 0.15) is 5.82 Å². The summed E-state index contributed by atoms with van der Waals surface area (Å²) in [6, 6.07) is 12.5. The highest BCUT2D eigenvalue weighted by Gasteiger charge is 2.22. The highest BCUT2D eigenvalue weighted by Crippen LogP contribution is 2.29. The molecule has 2 aromatic rings. The molecular weight excluding hydrogens is 297 g/mol. The van der Waals surface area contributed by atoms with Gasteiger partial charge in [0.15, 0.2) is 0 Å². The first-order valence-electron chi connectivity index (χ1n) is 7.42. The van der Waals surface area contributed by atoms with Crippen molar-refractivity contribution in [3.8, 4) is 0 Å². The van der Waals surface area contributed by atoms with Crippen LogP contribution in [0, 0.1) is 12.7 Å². The molecule has 22 heavy (non-hydrogen) atoms. The SMILES string of the molecule is Cc1ccc2c(c1)CCCN2C(=O)CSc1ccc(F)cc1. The van der Waals surface area contributed by atoms with Crippen molar-refractivity contribution in [2.24, 2.45) is 0 Å². The van der Waals surface area contributed by atoms with Crippen LogP contribution in [-0.4, -0.2) is 18.2 Å². The molecule has 0 saturated heterocycles. The lowest BCUT2D eigenvalue weighted by atomic mass is 10.00. The lowest BCUT2D eigenvalue weighted by molar-refractivity contribution is -0.116. The molecule has 1 aliphatic rings. The van der Waals surface area contributed by atoms with Gasteiger partial charge in [-0.2, -0.15) is 0 Å². The van der Waals surface area contributed by atoms with Gasteiger partial charge < -0.3 is 4.90 Å². The van der Waals surface area contributed by atoms with Crippen LogP contribution < -0.4 is 4.90 Å². The van der Waals surface area contributed by atoms with Crippen LogP contribution in [-0.2, 0) is 11.2 Å². The van der Waals surface area contributed by atoms with E-state index >= 15 is 0 Å². The summed E-state index contributed by atoms with van der Waals surface area (Å²) in [7, 11) is 0. The van der Waals surface area contributed by atoms with Crippen molar-refractivity contribution in [2.75, 3.05) is 17.2 Å². The highest BCUT2D eigenvalue weighted by molar-refractivity contribution is 8.00. The number of aryl methyl sites for hydroxylation is 2. The van der Waals surface area contributed by atoms with Gasteiger partial charge in [-0.25, -0.2) is 4.39 Å². The minimum atomic E-state index is -0.254. The number of anilines is 1. The quantitative estimate of drug-likeness (QED) is 0.791. The Morgan fingerprint density at radius 3 is 2.77 bits per heavy atom. The van der Waals surface area contributed by atoms with Gasteiger partial charge in [-0.3, -0.25) is 4.79 Å². The Morgan fingerprint density at radius 2 is 2.00 bits per heavy atom. The molecule has 0 fully saturated rings. The minimum absolute atomic E-state index is 0.110. The van der Waals surface area contributed by atoms with Gasteiger partial charge in [0.2, 0.25) is 5.91 Å². The van der Waals surface area contributed by atoms with Crippen LogP contribution in [0.1, 0.15) is 17.5 Å². The van der Waals surface area contributed by atoms with Crippen molar-refractivity contribution in [2.45, 2.75) is 24.7 Å². The van der Waals surface area contributed by atoms with E-state index in [-0.39, 0.29) is 11.7 Å². The smallest absolute Gasteiger partial charge is 0.237 e. The molecule has 0 spiro atoms. The van der Waals surface area contributed by atoms with E-state index in [1.807, 2.05) is 11.0 Å². The first-order chi connectivity index (χ1) is 10.6. The van der Waals surface area contributed by atoms with E-state index in [0.29, 0.717) is 5.75 Å². The van der Waals surface area contributed by atoms with E-state index < -0.39 is 0 Å². The van der Waals surface area contributed by atoms with Crippen molar-refractivity contribution in [3.05, 3.63) is 59.4 Å². The summed E-state index contributed by atoms with van der Waals surface area (Å²) >= 11 is 1.45. The van der Waals surface area contributed by atoms with Crippen LogP contribution >= 0.6 is 11.8 Å². The van der Waals surface area contributed by atoms with Crippen molar-refractivity contribution in [3.63, 3.8) is 0 Å². The van der Waals surface area contributed by atoms with Gasteiger partial charge in [0.05, 0.1) is 5.75 Å². The number of hydrogen-bond donors (Lipinski definition) is 0. The number of rotatable bonds is 3. The molecule has 114 valence electrons. The summed E-state index contributed by atoms with van der Waals surface area (Å²) in [5.41, 5.74) is 3.53. The average molecular weight is 315 g/mol. The molecule has 0 aromatic heterocycles. The molecule has 0 unspecified atom stereocenters. The van der Waals surface area contributed by atoms with Crippen LogP contribution in [0.3, 0.4) is 0 Å². The highest BCUT2D eigenvalue weighted by atomic mass is 32.2. The molecule has 0 N–H and O–H groups in total. The number of hydrogen-bond acceptors (Lipinski definition) is 2. The van der Waals surface area contributed by atoms with E-state index in [9.17, 15) is 9.18 Å². The van der Waals surface area contributed by atoms with Crippen molar-refractivity contribution < 1.29 is 9.18 Å². The molecule has 4 heteroatoms. The number of nitrogens with zero attached hydrogens (tertiary/aromatic N) is 1. The maximum Gasteiger partial charge on any atom is 0.237 e. The predicted octanol–water partition coefficient (Wildman–Crippen LogP) is 4.21. The molecule has 1 aliphatic heterocycles. The number of thioether (sulfide) groups is 1. The average Bonchev–Trinajstić information content (AvgIpc) is 2.53. The molecule has 2 aromatic carbocycles. The zero-order valence-corrected chi connectivity index (χ0v) is 13.3. The van der Waals surface area contributed by atoms with Crippen molar-refractivity contribution in [1.82, 2.24) is 0 Å². The lowest BCUT2D eigenvalue weighted by Gasteiger charge is -2.29. The number of carbonyl (C=O) groups excluding carboxylic acids is 1. The molecule has 2 nitrogen and oxygen atoms in total. The van der Waals surface area contributed by atoms with E-state index in [4.69, 9.17) is 0 Å². The maximum atomic E-state index is 12.9. The van der Waals surface area contributed by atoms with Crippen LogP contribution in [0.15, 0.2) is 47.4 Å². The minimum Gasteiger partial charge on any atom is -0.311 e. The Labute approximate surface area is 134 Å². The molecule has 0 bridgehead atoms. The molecular formula is C18H18FNOS. The number of amides is 1. The second-order valence-electron chi connectivity index (χ2n) is 5.52.